The molecule has 11 nitrogen and oxygen atoms in total. The van der Waals surface area contributed by atoms with E-state index in [0.717, 1.165) is 27.6 Å². The van der Waals surface area contributed by atoms with Gasteiger partial charge in [0.25, 0.3) is 0 Å². The molecular weight excluding hydrogens is 666 g/mol. The van der Waals surface area contributed by atoms with Gasteiger partial charge in [-0.05, 0) is 60.2 Å². The number of carbonyl (C=O) groups excluding carboxylic acids is 3. The monoisotopic (exact) mass is 685 g/mol. The van der Waals surface area contributed by atoms with Gasteiger partial charge in [-0.2, -0.15) is 0 Å². The van der Waals surface area contributed by atoms with Gasteiger partial charge in [-0.3, -0.25) is 28.7 Å². The van der Waals surface area contributed by atoms with Gasteiger partial charge < -0.3 is 5.32 Å². The number of sulfonamides is 1. The van der Waals surface area contributed by atoms with Crippen LogP contribution >= 0.6 is 39.0 Å². The van der Waals surface area contributed by atoms with Crippen molar-refractivity contribution < 1.29 is 22.8 Å². The molecule has 42 heavy (non-hydrogen) atoms. The maximum Gasteiger partial charge on any atom is 0.308 e. The lowest BCUT2D eigenvalue weighted by Crippen LogP contribution is -2.33. The number of imide groups is 1. The Morgan fingerprint density at radius 2 is 1.74 bits per heavy atom. The Morgan fingerprint density at radius 3 is 2.38 bits per heavy atom. The molecule has 0 radical (unpaired) electrons. The number of thiazole rings is 1. The minimum Gasteiger partial charge on any atom is -0.325 e. The zero-order valence-corrected chi connectivity index (χ0v) is 25.4. The quantitative estimate of drug-likeness (QED) is 0.293. The highest BCUT2D eigenvalue weighted by molar-refractivity contribution is 9.10. The van der Waals surface area contributed by atoms with Gasteiger partial charge in [0.15, 0.2) is 0 Å². The van der Waals surface area contributed by atoms with Gasteiger partial charge in [0.05, 0.1) is 21.5 Å². The Morgan fingerprint density at radius 1 is 1.02 bits per heavy atom. The molecule has 4 aromatic rings. The fourth-order valence-corrected chi connectivity index (χ4v) is 8.64. The van der Waals surface area contributed by atoms with Crippen molar-refractivity contribution in [3.63, 3.8) is 0 Å². The molecule has 6 rings (SSSR count). The van der Waals surface area contributed by atoms with Gasteiger partial charge >= 0.3 is 4.87 Å². The zero-order chi connectivity index (χ0) is 29.8. The summed E-state index contributed by atoms with van der Waals surface area (Å²) >= 11 is 5.42. The third kappa shape index (κ3) is 5.11. The number of benzene rings is 2. The second-order valence-electron chi connectivity index (χ2n) is 9.56. The number of carbonyl (C=O) groups is 3. The predicted octanol–water partition coefficient (Wildman–Crippen LogP) is 3.15. The number of aromatic nitrogens is 2. The number of anilines is 2. The Bertz CT molecular complexity index is 1890. The van der Waals surface area contributed by atoms with Crippen molar-refractivity contribution >= 4 is 78.1 Å². The first-order valence-corrected chi connectivity index (χ1v) is 16.4. The Kier molecular flexibility index (Phi) is 7.39. The summed E-state index contributed by atoms with van der Waals surface area (Å²) < 4.78 is 25.1. The molecule has 2 aromatic carbocycles. The second-order valence-corrected chi connectivity index (χ2v) is 14.2. The van der Waals surface area contributed by atoms with E-state index < -0.39 is 43.8 Å². The van der Waals surface area contributed by atoms with Crippen LogP contribution in [0.1, 0.15) is 16.4 Å². The van der Waals surface area contributed by atoms with Gasteiger partial charge in [-0.25, -0.2) is 18.5 Å². The molecule has 0 bridgehead atoms. The van der Waals surface area contributed by atoms with Crippen molar-refractivity contribution in [2.45, 2.75) is 27.6 Å². The first-order chi connectivity index (χ1) is 20.0. The summed E-state index contributed by atoms with van der Waals surface area (Å²) in [6.07, 6.45) is 3.22. The number of nitrogens with two attached hydrogens (primary N) is 1. The highest BCUT2D eigenvalue weighted by atomic mass is 79.9. The first kappa shape index (κ1) is 28.5. The van der Waals surface area contributed by atoms with Crippen LogP contribution in [-0.2, 0) is 31.0 Å². The third-order valence-corrected chi connectivity index (χ3v) is 11.0. The largest absolute Gasteiger partial charge is 0.325 e. The molecule has 0 saturated carbocycles. The topological polar surface area (TPSA) is 162 Å². The Balaban J connectivity index is 1.35. The molecule has 4 heterocycles. The third-order valence-electron chi connectivity index (χ3n) is 6.95. The van der Waals surface area contributed by atoms with Gasteiger partial charge in [0, 0.05) is 33.3 Å². The number of primary sulfonamides is 1. The van der Waals surface area contributed by atoms with Gasteiger partial charge in [0.1, 0.15) is 11.8 Å². The van der Waals surface area contributed by atoms with Crippen LogP contribution in [0.5, 0.6) is 0 Å². The predicted molar refractivity (Wildman–Crippen MR) is 161 cm³/mol. The minimum absolute atomic E-state index is 0.107. The lowest BCUT2D eigenvalue weighted by atomic mass is 9.84. The molecule has 0 spiro atoms. The van der Waals surface area contributed by atoms with Crippen LogP contribution in [0.25, 0.3) is 0 Å². The van der Waals surface area contributed by atoms with E-state index in [9.17, 15) is 27.6 Å². The summed E-state index contributed by atoms with van der Waals surface area (Å²) in [5.74, 6) is -2.70. The Hall–Kier alpha value is -3.63. The molecule has 2 aliphatic heterocycles. The van der Waals surface area contributed by atoms with Crippen LogP contribution in [0, 0.1) is 5.92 Å². The van der Waals surface area contributed by atoms with Crippen LogP contribution in [0.2, 0.25) is 0 Å². The van der Waals surface area contributed by atoms with Crippen molar-refractivity contribution in [2.75, 3.05) is 10.2 Å². The highest BCUT2D eigenvalue weighted by Crippen LogP contribution is 2.53. The van der Waals surface area contributed by atoms with Crippen molar-refractivity contribution in [1.82, 2.24) is 9.55 Å². The fourth-order valence-electron chi connectivity index (χ4n) is 5.09. The number of halogens is 1. The van der Waals surface area contributed by atoms with Crippen molar-refractivity contribution in [2.24, 2.45) is 11.1 Å². The van der Waals surface area contributed by atoms with E-state index in [4.69, 9.17) is 5.14 Å². The molecule has 0 aliphatic carbocycles. The second kappa shape index (κ2) is 10.9. The van der Waals surface area contributed by atoms with E-state index >= 15 is 0 Å². The summed E-state index contributed by atoms with van der Waals surface area (Å²) in [5.41, 5.74) is 1.44. The zero-order valence-electron chi connectivity index (χ0n) is 21.3. The summed E-state index contributed by atoms with van der Waals surface area (Å²) in [5, 5.41) is 7.39. The molecule has 15 heteroatoms. The smallest absolute Gasteiger partial charge is 0.308 e. The number of nitrogens with zero attached hydrogens (tertiary/aromatic N) is 3. The SMILES string of the molecule is NS(=O)(=O)c1ccc(NC(=O)Cn2c3c(sc2=O)[C@H](c2cccnc2)C2C(=O)N(c4ccc(Br)cc4)C(=O)C2S3)cc1. The average molecular weight is 687 g/mol. The average Bonchev–Trinajstić information content (AvgIpc) is 3.40. The summed E-state index contributed by atoms with van der Waals surface area (Å²) in [4.78, 5) is 59.3. The molecule has 2 aromatic heterocycles. The first-order valence-electron chi connectivity index (χ1n) is 12.4. The van der Waals surface area contributed by atoms with E-state index in [1.54, 1.807) is 48.8 Å². The number of thioether (sulfide) groups is 1. The van der Waals surface area contributed by atoms with Crippen LogP contribution in [0.4, 0.5) is 11.4 Å². The summed E-state index contributed by atoms with van der Waals surface area (Å²) in [7, 11) is -3.89. The molecule has 3 atom stereocenters. The van der Waals surface area contributed by atoms with E-state index in [2.05, 4.69) is 26.2 Å². The molecule has 214 valence electrons. The van der Waals surface area contributed by atoms with Crippen molar-refractivity contribution in [3.8, 4) is 0 Å². The molecule has 3 amide bonds. The standard InChI is InChI=1S/C27H20BrN5O6S3/c28-15-3-7-17(8-4-15)33-24(35)21-20(14-2-1-11-30-12-14)23-26(40-22(21)25(33)36)32(27(37)41-23)13-19(34)31-16-5-9-18(10-6-16)42(29,38)39/h1-12,20-22H,13H2,(H,31,34)(H2,29,38,39)/t20-,21?,22?/m1/s1. The number of hydrogen-bond acceptors (Lipinski definition) is 9. The van der Waals surface area contributed by atoms with E-state index in [1.807, 2.05) is 0 Å². The molecule has 2 aliphatic rings. The fraction of sp³-hybridized carbons (Fsp3) is 0.148. The van der Waals surface area contributed by atoms with Gasteiger partial charge in [-0.1, -0.05) is 45.1 Å². The number of hydrogen-bond donors (Lipinski definition) is 2. The lowest BCUT2D eigenvalue weighted by molar-refractivity contribution is -0.122. The number of rotatable bonds is 6. The number of amides is 3. The van der Waals surface area contributed by atoms with Crippen LogP contribution in [-0.4, -0.2) is 40.9 Å². The molecule has 2 unspecified atom stereocenters. The lowest BCUT2D eigenvalue weighted by Gasteiger charge is -2.30. The highest BCUT2D eigenvalue weighted by Gasteiger charge is 2.56. The van der Waals surface area contributed by atoms with Crippen molar-refractivity contribution in [1.29, 1.82) is 0 Å². The molecule has 1 fully saturated rings. The summed E-state index contributed by atoms with van der Waals surface area (Å²) in [6, 6.07) is 15.7. The van der Waals surface area contributed by atoms with Crippen LogP contribution < -0.4 is 20.2 Å². The van der Waals surface area contributed by atoms with Crippen LogP contribution in [0.3, 0.4) is 0 Å². The van der Waals surface area contributed by atoms with E-state index in [-0.39, 0.29) is 17.3 Å². The molecule has 1 saturated heterocycles. The Labute approximate surface area is 255 Å². The number of pyridine rings is 1. The number of fused-ring (bicyclic) bond motifs is 2. The van der Waals surface area contributed by atoms with E-state index in [1.165, 1.54) is 33.7 Å². The normalized spacial score (nSPS) is 19.9. The maximum atomic E-state index is 13.9. The van der Waals surface area contributed by atoms with Gasteiger partial charge in [-0.15, -0.1) is 0 Å². The van der Waals surface area contributed by atoms with Crippen LogP contribution in [0.15, 0.2) is 92.2 Å². The molecule has 3 N–H and O–H groups in total. The van der Waals surface area contributed by atoms with Crippen molar-refractivity contribution in [3.05, 3.63) is 97.6 Å². The number of nitrogens with one attached hydrogen (secondary N) is 1. The summed E-state index contributed by atoms with van der Waals surface area (Å²) in [6.45, 7) is -0.357. The van der Waals surface area contributed by atoms with E-state index in [0.29, 0.717) is 26.8 Å². The minimum atomic E-state index is -3.89. The van der Waals surface area contributed by atoms with Gasteiger partial charge in [0.2, 0.25) is 27.7 Å². The maximum absolute atomic E-state index is 13.9. The molecular formula is C27H20BrN5O6S3.